The topological polar surface area (TPSA) is 63.1 Å². The molecular formula is C23H24FN5OS. The molecule has 2 aromatic carbocycles. The Morgan fingerprint density at radius 1 is 1.06 bits per heavy atom. The first kappa shape index (κ1) is 20.1. The zero-order chi connectivity index (χ0) is 21.2. The van der Waals surface area contributed by atoms with Crippen LogP contribution in [0.5, 0.6) is 0 Å². The molecule has 1 saturated heterocycles. The van der Waals surface area contributed by atoms with Gasteiger partial charge in [-0.15, -0.1) is 10.2 Å². The van der Waals surface area contributed by atoms with E-state index in [9.17, 15) is 9.18 Å². The summed E-state index contributed by atoms with van der Waals surface area (Å²) in [4.78, 5) is 15.0. The van der Waals surface area contributed by atoms with Gasteiger partial charge >= 0.3 is 0 Å². The standard InChI is InChI=1S/C23H24FN5OS/c24-18-8-2-1-7-17(18)22-26-27-23(29(22)16-11-12-16)31-15-21(30)25-19-9-3-4-10-20(19)28-13-5-6-14-28/h1-4,7-10,16H,5-6,11-15H2,(H,25,30). The molecule has 1 saturated carbocycles. The minimum absolute atomic E-state index is 0.0885. The van der Waals surface area contributed by atoms with Crippen molar-refractivity contribution in [1.29, 1.82) is 0 Å². The Morgan fingerprint density at radius 3 is 2.58 bits per heavy atom. The molecule has 1 aliphatic carbocycles. The van der Waals surface area contributed by atoms with Gasteiger partial charge in [-0.2, -0.15) is 0 Å². The van der Waals surface area contributed by atoms with Crippen LogP contribution in [0.15, 0.2) is 53.7 Å². The lowest BCUT2D eigenvalue weighted by atomic mass is 10.2. The Morgan fingerprint density at radius 2 is 1.81 bits per heavy atom. The molecule has 0 radical (unpaired) electrons. The zero-order valence-corrected chi connectivity index (χ0v) is 17.9. The van der Waals surface area contributed by atoms with Crippen LogP contribution in [-0.2, 0) is 4.79 Å². The second kappa shape index (κ2) is 8.70. The van der Waals surface area contributed by atoms with Crippen LogP contribution in [0.2, 0.25) is 0 Å². The molecule has 0 atom stereocenters. The van der Waals surface area contributed by atoms with E-state index in [2.05, 4.69) is 26.5 Å². The van der Waals surface area contributed by atoms with Gasteiger partial charge < -0.3 is 10.2 Å². The second-order valence-electron chi connectivity index (χ2n) is 7.94. The minimum Gasteiger partial charge on any atom is -0.370 e. The molecule has 5 rings (SSSR count). The van der Waals surface area contributed by atoms with E-state index in [1.165, 1.54) is 30.7 Å². The third kappa shape index (κ3) is 4.30. The molecule has 2 fully saturated rings. The second-order valence-corrected chi connectivity index (χ2v) is 8.88. The summed E-state index contributed by atoms with van der Waals surface area (Å²) in [6, 6.07) is 14.8. The molecule has 1 amide bonds. The number of carbonyl (C=O) groups excluding carboxylic acids is 1. The molecule has 1 aliphatic heterocycles. The van der Waals surface area contributed by atoms with Crippen molar-refractivity contribution >= 4 is 29.0 Å². The number of nitrogens with one attached hydrogen (secondary N) is 1. The van der Waals surface area contributed by atoms with Crippen LogP contribution in [0, 0.1) is 5.82 Å². The van der Waals surface area contributed by atoms with Gasteiger partial charge in [-0.3, -0.25) is 9.36 Å². The highest BCUT2D eigenvalue weighted by Crippen LogP contribution is 2.41. The number of benzene rings is 2. The van der Waals surface area contributed by atoms with Crippen LogP contribution in [0.3, 0.4) is 0 Å². The van der Waals surface area contributed by atoms with Crippen LogP contribution in [0.1, 0.15) is 31.7 Å². The summed E-state index contributed by atoms with van der Waals surface area (Å²) in [6.45, 7) is 2.04. The summed E-state index contributed by atoms with van der Waals surface area (Å²) in [6.07, 6.45) is 4.39. The van der Waals surface area contributed by atoms with Crippen molar-refractivity contribution in [3.8, 4) is 11.4 Å². The number of aromatic nitrogens is 3. The maximum Gasteiger partial charge on any atom is 0.234 e. The van der Waals surface area contributed by atoms with Crippen molar-refractivity contribution in [2.24, 2.45) is 0 Å². The van der Waals surface area contributed by atoms with Crippen LogP contribution in [0.25, 0.3) is 11.4 Å². The van der Waals surface area contributed by atoms with E-state index in [1.807, 2.05) is 22.8 Å². The van der Waals surface area contributed by atoms with Crippen LogP contribution < -0.4 is 10.2 Å². The molecule has 0 spiro atoms. The largest absolute Gasteiger partial charge is 0.370 e. The fourth-order valence-corrected chi connectivity index (χ4v) is 4.80. The van der Waals surface area contributed by atoms with Gasteiger partial charge in [-0.1, -0.05) is 36.0 Å². The molecule has 0 bridgehead atoms. The van der Waals surface area contributed by atoms with E-state index in [-0.39, 0.29) is 23.5 Å². The number of amides is 1. The zero-order valence-electron chi connectivity index (χ0n) is 17.1. The highest BCUT2D eigenvalue weighted by molar-refractivity contribution is 7.99. The Hall–Kier alpha value is -2.87. The lowest BCUT2D eigenvalue weighted by Gasteiger charge is -2.21. The molecular weight excluding hydrogens is 413 g/mol. The smallest absolute Gasteiger partial charge is 0.234 e. The summed E-state index contributed by atoms with van der Waals surface area (Å²) in [7, 11) is 0. The molecule has 1 N–H and O–H groups in total. The Balaban J connectivity index is 1.30. The molecule has 6 nitrogen and oxygen atoms in total. The number of hydrogen-bond acceptors (Lipinski definition) is 5. The molecule has 1 aromatic heterocycles. The van der Waals surface area contributed by atoms with Gasteiger partial charge in [0.1, 0.15) is 5.82 Å². The maximum atomic E-state index is 14.3. The van der Waals surface area contributed by atoms with E-state index in [0.717, 1.165) is 37.3 Å². The van der Waals surface area contributed by atoms with Crippen molar-refractivity contribution in [2.45, 2.75) is 36.9 Å². The number of halogens is 1. The summed E-state index contributed by atoms with van der Waals surface area (Å²) in [5.74, 6) is 0.346. The van der Waals surface area contributed by atoms with Crippen molar-refractivity contribution in [3.05, 3.63) is 54.3 Å². The average Bonchev–Trinajstić information content (AvgIpc) is 3.30. The number of nitrogens with zero attached hydrogens (tertiary/aromatic N) is 4. The van der Waals surface area contributed by atoms with Crippen LogP contribution in [-0.4, -0.2) is 39.5 Å². The number of carbonyl (C=O) groups is 1. The minimum atomic E-state index is -0.315. The van der Waals surface area contributed by atoms with Crippen molar-refractivity contribution in [3.63, 3.8) is 0 Å². The highest BCUT2D eigenvalue weighted by atomic mass is 32.2. The normalized spacial score (nSPS) is 16.0. The van der Waals surface area contributed by atoms with Crippen LogP contribution in [0.4, 0.5) is 15.8 Å². The fourth-order valence-electron chi connectivity index (χ4n) is 3.99. The fraction of sp³-hybridized carbons (Fsp3) is 0.348. The molecule has 160 valence electrons. The summed E-state index contributed by atoms with van der Waals surface area (Å²) >= 11 is 1.34. The van der Waals surface area contributed by atoms with E-state index >= 15 is 0 Å². The first-order valence-corrected chi connectivity index (χ1v) is 11.7. The predicted octanol–water partition coefficient (Wildman–Crippen LogP) is 4.75. The quantitative estimate of drug-likeness (QED) is 0.541. The van der Waals surface area contributed by atoms with Gasteiger partial charge in [0.25, 0.3) is 0 Å². The van der Waals surface area contributed by atoms with Crippen molar-refractivity contribution < 1.29 is 9.18 Å². The number of para-hydroxylation sites is 2. The van der Waals surface area contributed by atoms with Crippen molar-refractivity contribution in [2.75, 3.05) is 29.1 Å². The molecule has 2 heterocycles. The number of hydrogen-bond donors (Lipinski definition) is 1. The first-order chi connectivity index (χ1) is 15.2. The van der Waals surface area contributed by atoms with Gasteiger partial charge in [-0.05, 0) is 49.9 Å². The monoisotopic (exact) mass is 437 g/mol. The lowest BCUT2D eigenvalue weighted by molar-refractivity contribution is -0.113. The van der Waals surface area contributed by atoms with Crippen molar-refractivity contribution in [1.82, 2.24) is 14.8 Å². The number of thioether (sulfide) groups is 1. The molecule has 8 heteroatoms. The van der Waals surface area contributed by atoms with E-state index in [4.69, 9.17) is 0 Å². The number of rotatable bonds is 7. The SMILES string of the molecule is O=C(CSc1nnc(-c2ccccc2F)n1C1CC1)Nc1ccccc1N1CCCC1. The maximum absolute atomic E-state index is 14.3. The van der Waals surface area contributed by atoms with E-state index < -0.39 is 0 Å². The van der Waals surface area contributed by atoms with Gasteiger partial charge in [0.05, 0.1) is 22.7 Å². The van der Waals surface area contributed by atoms with E-state index in [0.29, 0.717) is 16.5 Å². The third-order valence-electron chi connectivity index (χ3n) is 5.65. The molecule has 3 aromatic rings. The summed E-state index contributed by atoms with van der Waals surface area (Å²) < 4.78 is 16.3. The third-order valence-corrected chi connectivity index (χ3v) is 6.59. The Bertz CT molecular complexity index is 1090. The highest BCUT2D eigenvalue weighted by Gasteiger charge is 2.31. The average molecular weight is 438 g/mol. The Labute approximate surface area is 184 Å². The summed E-state index contributed by atoms with van der Waals surface area (Å²) in [5, 5.41) is 12.2. The van der Waals surface area contributed by atoms with Gasteiger partial charge in [0.15, 0.2) is 11.0 Å². The Kier molecular flexibility index (Phi) is 5.63. The van der Waals surface area contributed by atoms with Gasteiger partial charge in [0, 0.05) is 19.1 Å². The number of anilines is 2. The van der Waals surface area contributed by atoms with Gasteiger partial charge in [-0.25, -0.2) is 4.39 Å². The van der Waals surface area contributed by atoms with E-state index in [1.54, 1.807) is 18.2 Å². The lowest BCUT2D eigenvalue weighted by Crippen LogP contribution is -2.21. The molecule has 31 heavy (non-hydrogen) atoms. The first-order valence-electron chi connectivity index (χ1n) is 10.7. The predicted molar refractivity (Wildman–Crippen MR) is 121 cm³/mol. The molecule has 0 unspecified atom stereocenters. The van der Waals surface area contributed by atoms with Gasteiger partial charge in [0.2, 0.25) is 5.91 Å². The summed E-state index contributed by atoms with van der Waals surface area (Å²) in [5.41, 5.74) is 2.35. The van der Waals surface area contributed by atoms with Crippen LogP contribution >= 0.6 is 11.8 Å². The molecule has 2 aliphatic rings.